The fourth-order valence-electron chi connectivity index (χ4n) is 2.21. The summed E-state index contributed by atoms with van der Waals surface area (Å²) >= 11 is 1.64. The van der Waals surface area contributed by atoms with E-state index in [1.54, 1.807) is 15.9 Å². The number of imidazole rings is 1. The van der Waals surface area contributed by atoms with Crippen molar-refractivity contribution in [1.29, 1.82) is 5.26 Å². The lowest BCUT2D eigenvalue weighted by molar-refractivity contribution is 0.415. The van der Waals surface area contributed by atoms with E-state index in [-0.39, 0.29) is 5.41 Å². The third kappa shape index (κ3) is 1.64. The van der Waals surface area contributed by atoms with E-state index in [0.29, 0.717) is 11.6 Å². The molecular weight excluding hydrogens is 244 g/mol. The van der Waals surface area contributed by atoms with Crippen LogP contribution >= 0.6 is 11.3 Å². The van der Waals surface area contributed by atoms with Crippen molar-refractivity contribution in [2.75, 3.05) is 0 Å². The van der Waals surface area contributed by atoms with E-state index in [9.17, 15) is 5.26 Å². The third-order valence-corrected chi connectivity index (χ3v) is 4.56. The molecule has 1 saturated carbocycles. The van der Waals surface area contributed by atoms with Gasteiger partial charge in [0.15, 0.2) is 5.69 Å². The highest BCUT2D eigenvalue weighted by atomic mass is 32.1. The zero-order valence-electron chi connectivity index (χ0n) is 10.9. The quantitative estimate of drug-likeness (QED) is 0.791. The zero-order chi connectivity index (χ0) is 12.9. The Labute approximate surface area is 110 Å². The van der Waals surface area contributed by atoms with Crippen molar-refractivity contribution >= 4 is 16.3 Å². The Hall–Kier alpha value is -1.41. The number of fused-ring (bicyclic) bond motifs is 1. The molecule has 0 unspecified atom stereocenters. The molecule has 0 radical (unpaired) electrons. The van der Waals surface area contributed by atoms with Gasteiger partial charge in [0.2, 0.25) is 4.96 Å². The molecule has 0 atom stereocenters. The second kappa shape index (κ2) is 3.79. The molecule has 2 aromatic heterocycles. The first-order valence-corrected chi connectivity index (χ1v) is 7.12. The highest BCUT2D eigenvalue weighted by Gasteiger charge is 2.28. The van der Waals surface area contributed by atoms with Gasteiger partial charge in [-0.3, -0.25) is 0 Å². The van der Waals surface area contributed by atoms with E-state index in [0.717, 1.165) is 15.7 Å². The van der Waals surface area contributed by atoms with Crippen molar-refractivity contribution in [2.45, 2.75) is 51.4 Å². The number of nitriles is 1. The average Bonchev–Trinajstić information content (AvgIpc) is 2.69. The molecule has 2 aromatic rings. The Balaban J connectivity index is 2.14. The van der Waals surface area contributed by atoms with Gasteiger partial charge in [0.1, 0.15) is 11.1 Å². The summed E-state index contributed by atoms with van der Waals surface area (Å²) in [4.78, 5) is 5.47. The Morgan fingerprint density at radius 1 is 1.39 bits per heavy atom. The van der Waals surface area contributed by atoms with E-state index in [1.807, 2.05) is 0 Å². The Morgan fingerprint density at radius 3 is 2.61 bits per heavy atom. The highest BCUT2D eigenvalue weighted by molar-refractivity contribution is 7.16. The van der Waals surface area contributed by atoms with Crippen molar-refractivity contribution in [2.24, 2.45) is 0 Å². The molecule has 0 bridgehead atoms. The number of hydrogen-bond acceptors (Lipinski definition) is 4. The fourth-order valence-corrected chi connectivity index (χ4v) is 3.27. The first-order chi connectivity index (χ1) is 8.50. The van der Waals surface area contributed by atoms with Crippen molar-refractivity contribution in [3.05, 3.63) is 16.4 Å². The van der Waals surface area contributed by atoms with Crippen LogP contribution in [0.15, 0.2) is 0 Å². The van der Waals surface area contributed by atoms with Gasteiger partial charge in [0.05, 0.1) is 5.69 Å². The summed E-state index contributed by atoms with van der Waals surface area (Å²) in [6.07, 6.45) is 3.75. The molecule has 1 aliphatic rings. The minimum absolute atomic E-state index is 0.116. The molecule has 1 aliphatic carbocycles. The molecule has 3 rings (SSSR count). The van der Waals surface area contributed by atoms with Crippen molar-refractivity contribution < 1.29 is 0 Å². The Kier molecular flexibility index (Phi) is 2.46. The number of rotatable bonds is 1. The van der Waals surface area contributed by atoms with Gasteiger partial charge < -0.3 is 0 Å². The predicted molar refractivity (Wildman–Crippen MR) is 70.9 cm³/mol. The number of nitrogens with zero attached hydrogens (tertiary/aromatic N) is 4. The van der Waals surface area contributed by atoms with Gasteiger partial charge in [-0.15, -0.1) is 0 Å². The second-order valence-electron chi connectivity index (χ2n) is 5.93. The Morgan fingerprint density at radius 2 is 2.11 bits per heavy atom. The summed E-state index contributed by atoms with van der Waals surface area (Å²) in [7, 11) is 0. The van der Waals surface area contributed by atoms with Crippen molar-refractivity contribution in [1.82, 2.24) is 14.6 Å². The van der Waals surface area contributed by atoms with Gasteiger partial charge in [0.25, 0.3) is 0 Å². The van der Waals surface area contributed by atoms with Crippen LogP contribution in [0, 0.1) is 11.3 Å². The van der Waals surface area contributed by atoms with Crippen molar-refractivity contribution in [3.63, 3.8) is 0 Å². The normalized spacial score (nSPS) is 16.8. The molecule has 0 aromatic carbocycles. The van der Waals surface area contributed by atoms with E-state index in [2.05, 4.69) is 36.9 Å². The van der Waals surface area contributed by atoms with E-state index in [1.165, 1.54) is 19.3 Å². The van der Waals surface area contributed by atoms with E-state index >= 15 is 0 Å². The van der Waals surface area contributed by atoms with Crippen LogP contribution < -0.4 is 0 Å². The zero-order valence-corrected chi connectivity index (χ0v) is 11.7. The summed E-state index contributed by atoms with van der Waals surface area (Å²) in [5.41, 5.74) is 1.33. The molecule has 2 heterocycles. The van der Waals surface area contributed by atoms with Crippen LogP contribution in [0.2, 0.25) is 0 Å². The topological polar surface area (TPSA) is 54.0 Å². The molecule has 0 aliphatic heterocycles. The van der Waals surface area contributed by atoms with Gasteiger partial charge in [-0.05, 0) is 12.8 Å². The summed E-state index contributed by atoms with van der Waals surface area (Å²) in [5, 5.41) is 15.1. The standard InChI is InChI=1S/C13H16N4S/c1-13(2,3)10-9(7-14)17-12(15-10)18-11(16-17)8-5-4-6-8/h8H,4-6H2,1-3H3. The fraction of sp³-hybridized carbons (Fsp3) is 0.615. The van der Waals surface area contributed by atoms with Crippen LogP contribution in [0.1, 0.15) is 62.3 Å². The molecule has 0 saturated heterocycles. The number of hydrogen-bond donors (Lipinski definition) is 0. The second-order valence-corrected chi connectivity index (χ2v) is 6.92. The van der Waals surface area contributed by atoms with Crippen LogP contribution in [0.4, 0.5) is 0 Å². The van der Waals surface area contributed by atoms with Gasteiger partial charge >= 0.3 is 0 Å². The first-order valence-electron chi connectivity index (χ1n) is 6.31. The van der Waals surface area contributed by atoms with Gasteiger partial charge in [-0.1, -0.05) is 38.5 Å². The number of aromatic nitrogens is 3. The van der Waals surface area contributed by atoms with Crippen LogP contribution in [-0.2, 0) is 5.41 Å². The van der Waals surface area contributed by atoms with E-state index in [4.69, 9.17) is 0 Å². The maximum Gasteiger partial charge on any atom is 0.213 e. The lowest BCUT2D eigenvalue weighted by Crippen LogP contribution is -2.14. The maximum absolute atomic E-state index is 9.34. The molecule has 18 heavy (non-hydrogen) atoms. The smallest absolute Gasteiger partial charge is 0.213 e. The summed E-state index contributed by atoms with van der Waals surface area (Å²) in [6, 6.07) is 2.26. The highest BCUT2D eigenvalue weighted by Crippen LogP contribution is 2.39. The summed E-state index contributed by atoms with van der Waals surface area (Å²) in [5.74, 6) is 0.598. The molecule has 94 valence electrons. The molecular formula is C13H16N4S. The van der Waals surface area contributed by atoms with Crippen LogP contribution in [0.25, 0.3) is 4.96 Å². The molecule has 4 nitrogen and oxygen atoms in total. The van der Waals surface area contributed by atoms with E-state index < -0.39 is 0 Å². The first kappa shape index (κ1) is 11.7. The van der Waals surface area contributed by atoms with Gasteiger partial charge in [-0.2, -0.15) is 14.9 Å². The largest absolute Gasteiger partial charge is 0.221 e. The Bertz CT molecular complexity index is 634. The molecule has 0 spiro atoms. The summed E-state index contributed by atoms with van der Waals surface area (Å²) < 4.78 is 1.74. The maximum atomic E-state index is 9.34. The van der Waals surface area contributed by atoms with Crippen LogP contribution in [0.3, 0.4) is 0 Å². The minimum Gasteiger partial charge on any atom is -0.221 e. The molecule has 1 fully saturated rings. The average molecular weight is 260 g/mol. The molecule has 0 N–H and O–H groups in total. The lowest BCUT2D eigenvalue weighted by Gasteiger charge is -2.22. The lowest BCUT2D eigenvalue weighted by atomic mass is 9.86. The molecule has 5 heteroatoms. The van der Waals surface area contributed by atoms with Crippen LogP contribution in [-0.4, -0.2) is 14.6 Å². The van der Waals surface area contributed by atoms with Gasteiger partial charge in [-0.25, -0.2) is 4.98 Å². The van der Waals surface area contributed by atoms with Crippen molar-refractivity contribution in [3.8, 4) is 6.07 Å². The SMILES string of the molecule is CC(C)(C)c1nc2sc(C3CCC3)nn2c1C#N. The third-order valence-electron chi connectivity index (χ3n) is 3.49. The van der Waals surface area contributed by atoms with Crippen LogP contribution in [0.5, 0.6) is 0 Å². The summed E-state index contributed by atoms with van der Waals surface area (Å²) in [6.45, 7) is 6.23. The molecule has 0 amide bonds. The minimum atomic E-state index is -0.116. The van der Waals surface area contributed by atoms with Gasteiger partial charge in [0, 0.05) is 11.3 Å². The monoisotopic (exact) mass is 260 g/mol. The predicted octanol–water partition coefficient (Wildman–Crippen LogP) is 3.23.